The van der Waals surface area contributed by atoms with E-state index in [1.807, 2.05) is 0 Å². The van der Waals surface area contributed by atoms with E-state index in [0.717, 1.165) is 4.90 Å². The van der Waals surface area contributed by atoms with Gasteiger partial charge < -0.3 is 14.8 Å². The number of rotatable bonds is 6. The Bertz CT molecular complexity index is 925. The van der Waals surface area contributed by atoms with Crippen LogP contribution in [0, 0.1) is 0 Å². The van der Waals surface area contributed by atoms with E-state index in [9.17, 15) is 18.4 Å². The van der Waals surface area contributed by atoms with Gasteiger partial charge in [0.05, 0.1) is 13.7 Å². The predicted octanol–water partition coefficient (Wildman–Crippen LogP) is 3.92. The summed E-state index contributed by atoms with van der Waals surface area (Å²) in [6, 6.07) is 10.4. The van der Waals surface area contributed by atoms with Gasteiger partial charge in [-0.1, -0.05) is 35.9 Å². The van der Waals surface area contributed by atoms with E-state index >= 15 is 0 Å². The van der Waals surface area contributed by atoms with Gasteiger partial charge >= 0.3 is 12.6 Å². The van der Waals surface area contributed by atoms with Crippen molar-refractivity contribution in [3.05, 3.63) is 58.6 Å². The van der Waals surface area contributed by atoms with Crippen molar-refractivity contribution < 1.29 is 27.8 Å². The molecule has 0 bridgehead atoms. The van der Waals surface area contributed by atoms with E-state index in [2.05, 4.69) is 10.1 Å². The van der Waals surface area contributed by atoms with Crippen LogP contribution in [-0.2, 0) is 16.9 Å². The molecule has 6 nitrogen and oxygen atoms in total. The molecule has 1 N–H and O–H groups in total. The van der Waals surface area contributed by atoms with Crippen LogP contribution in [0.15, 0.2) is 42.5 Å². The molecule has 0 radical (unpaired) electrons. The molecule has 0 aliphatic carbocycles. The van der Waals surface area contributed by atoms with Gasteiger partial charge in [-0.3, -0.25) is 9.69 Å². The topological polar surface area (TPSA) is 67.9 Å². The van der Waals surface area contributed by atoms with E-state index in [1.54, 1.807) is 31.2 Å². The van der Waals surface area contributed by atoms with E-state index in [1.165, 1.54) is 25.3 Å². The maximum absolute atomic E-state index is 13.0. The van der Waals surface area contributed by atoms with Crippen molar-refractivity contribution in [2.45, 2.75) is 25.6 Å². The lowest BCUT2D eigenvalue weighted by molar-refractivity contribution is -0.131. The standard InChI is InChI=1S/C19H17ClF2N2O4/c1-19(12-5-3-4-6-13(12)20)16(25)24(18(26)23-19)10-11-7-8-14(28-17(21)22)15(9-11)27-2/h3-9,17H,10H2,1-2H3,(H,23,26). The minimum absolute atomic E-state index is 0.0683. The summed E-state index contributed by atoms with van der Waals surface area (Å²) in [7, 11) is 1.31. The number of methoxy groups -OCH3 is 1. The highest BCUT2D eigenvalue weighted by Crippen LogP contribution is 2.35. The van der Waals surface area contributed by atoms with Crippen LogP contribution in [-0.4, -0.2) is 30.6 Å². The first-order valence-electron chi connectivity index (χ1n) is 8.27. The van der Waals surface area contributed by atoms with E-state index < -0.39 is 24.1 Å². The predicted molar refractivity (Wildman–Crippen MR) is 97.5 cm³/mol. The number of nitrogens with zero attached hydrogens (tertiary/aromatic N) is 1. The molecule has 9 heteroatoms. The fraction of sp³-hybridized carbons (Fsp3) is 0.263. The maximum Gasteiger partial charge on any atom is 0.387 e. The molecule has 1 heterocycles. The quantitative estimate of drug-likeness (QED) is 0.733. The van der Waals surface area contributed by atoms with Crippen LogP contribution in [0.25, 0.3) is 0 Å². The number of urea groups is 1. The average Bonchev–Trinajstić information content (AvgIpc) is 2.86. The van der Waals surface area contributed by atoms with Crippen molar-refractivity contribution in [1.29, 1.82) is 0 Å². The lowest BCUT2D eigenvalue weighted by Gasteiger charge is -2.23. The largest absolute Gasteiger partial charge is 0.493 e. The Hall–Kier alpha value is -2.87. The van der Waals surface area contributed by atoms with Crippen LogP contribution < -0.4 is 14.8 Å². The smallest absolute Gasteiger partial charge is 0.387 e. The zero-order valence-electron chi connectivity index (χ0n) is 15.0. The molecule has 1 fully saturated rings. The Kier molecular flexibility index (Phi) is 5.42. The first kappa shape index (κ1) is 19.9. The van der Waals surface area contributed by atoms with Gasteiger partial charge in [0.15, 0.2) is 11.5 Å². The van der Waals surface area contributed by atoms with Gasteiger partial charge in [0.2, 0.25) is 0 Å². The van der Waals surface area contributed by atoms with E-state index in [-0.39, 0.29) is 18.0 Å². The van der Waals surface area contributed by atoms with Gasteiger partial charge in [0.1, 0.15) is 5.54 Å². The molecule has 148 valence electrons. The number of carbonyl (C=O) groups is 2. The number of carbonyl (C=O) groups excluding carboxylic acids is 2. The molecule has 1 atom stereocenters. The number of halogens is 3. The maximum atomic E-state index is 13.0. The molecule has 1 aliphatic rings. The molecule has 2 aromatic carbocycles. The van der Waals surface area contributed by atoms with Crippen LogP contribution in [0.2, 0.25) is 5.02 Å². The summed E-state index contributed by atoms with van der Waals surface area (Å²) in [5.41, 5.74) is -0.320. The molecular weight excluding hydrogens is 394 g/mol. The highest BCUT2D eigenvalue weighted by molar-refractivity contribution is 6.32. The highest BCUT2D eigenvalue weighted by atomic mass is 35.5. The second-order valence-corrected chi connectivity index (χ2v) is 6.70. The Morgan fingerprint density at radius 1 is 1.18 bits per heavy atom. The normalized spacial score (nSPS) is 19.1. The Labute approximate surface area is 165 Å². The molecule has 28 heavy (non-hydrogen) atoms. The monoisotopic (exact) mass is 410 g/mol. The summed E-state index contributed by atoms with van der Waals surface area (Å²) in [5, 5.41) is 3.03. The van der Waals surface area contributed by atoms with Crippen molar-refractivity contribution in [1.82, 2.24) is 10.2 Å². The Balaban J connectivity index is 1.86. The first-order chi connectivity index (χ1) is 13.3. The zero-order chi connectivity index (χ0) is 20.5. The second kappa shape index (κ2) is 7.63. The zero-order valence-corrected chi connectivity index (χ0v) is 15.8. The SMILES string of the molecule is COc1cc(CN2C(=O)NC(C)(c3ccccc3Cl)C2=O)ccc1OC(F)F. The second-order valence-electron chi connectivity index (χ2n) is 6.29. The summed E-state index contributed by atoms with van der Waals surface area (Å²) in [6.07, 6.45) is 0. The van der Waals surface area contributed by atoms with Crippen LogP contribution in [0.4, 0.5) is 13.6 Å². The van der Waals surface area contributed by atoms with Crippen molar-refractivity contribution in [2.75, 3.05) is 7.11 Å². The molecule has 1 aliphatic heterocycles. The van der Waals surface area contributed by atoms with Crippen molar-refractivity contribution in [2.24, 2.45) is 0 Å². The van der Waals surface area contributed by atoms with Crippen molar-refractivity contribution >= 4 is 23.5 Å². The summed E-state index contributed by atoms with van der Waals surface area (Å²) < 4.78 is 34.3. The molecule has 3 rings (SSSR count). The fourth-order valence-electron chi connectivity index (χ4n) is 3.08. The van der Waals surface area contributed by atoms with Gasteiger partial charge in [-0.25, -0.2) is 4.79 Å². The Morgan fingerprint density at radius 2 is 1.89 bits per heavy atom. The molecule has 1 unspecified atom stereocenters. The number of imide groups is 1. The average molecular weight is 411 g/mol. The summed E-state index contributed by atoms with van der Waals surface area (Å²) in [6.45, 7) is -1.49. The molecule has 2 aromatic rings. The number of alkyl halides is 2. The molecule has 3 amide bonds. The lowest BCUT2D eigenvalue weighted by atomic mass is 9.92. The third-order valence-corrected chi connectivity index (χ3v) is 4.80. The van der Waals surface area contributed by atoms with Gasteiger partial charge in [-0.05, 0) is 30.7 Å². The molecule has 0 aromatic heterocycles. The molecule has 1 saturated heterocycles. The Morgan fingerprint density at radius 3 is 2.54 bits per heavy atom. The van der Waals surface area contributed by atoms with Crippen LogP contribution in [0.1, 0.15) is 18.1 Å². The van der Waals surface area contributed by atoms with Gasteiger partial charge in [0, 0.05) is 10.6 Å². The third kappa shape index (κ3) is 3.60. The van der Waals surface area contributed by atoms with Crippen molar-refractivity contribution in [3.8, 4) is 11.5 Å². The van der Waals surface area contributed by atoms with Gasteiger partial charge in [-0.15, -0.1) is 0 Å². The lowest BCUT2D eigenvalue weighted by Crippen LogP contribution is -2.41. The van der Waals surface area contributed by atoms with Gasteiger partial charge in [-0.2, -0.15) is 8.78 Å². The van der Waals surface area contributed by atoms with E-state index in [0.29, 0.717) is 16.1 Å². The molecule has 0 saturated carbocycles. The minimum atomic E-state index is -3.00. The number of amides is 3. The number of benzene rings is 2. The minimum Gasteiger partial charge on any atom is -0.493 e. The first-order valence-corrected chi connectivity index (χ1v) is 8.65. The number of nitrogens with one attached hydrogen (secondary N) is 1. The van der Waals surface area contributed by atoms with Crippen LogP contribution >= 0.6 is 11.6 Å². The van der Waals surface area contributed by atoms with Crippen LogP contribution in [0.5, 0.6) is 11.5 Å². The highest BCUT2D eigenvalue weighted by Gasteiger charge is 2.49. The van der Waals surface area contributed by atoms with E-state index in [4.69, 9.17) is 16.3 Å². The number of ether oxygens (including phenoxy) is 2. The summed E-state index contributed by atoms with van der Waals surface area (Å²) >= 11 is 6.20. The summed E-state index contributed by atoms with van der Waals surface area (Å²) in [5.74, 6) is -0.546. The van der Waals surface area contributed by atoms with Gasteiger partial charge in [0.25, 0.3) is 5.91 Å². The molecular formula is C19H17ClF2N2O4. The number of hydrogen-bond donors (Lipinski definition) is 1. The summed E-state index contributed by atoms with van der Waals surface area (Å²) in [4.78, 5) is 26.5. The van der Waals surface area contributed by atoms with Crippen LogP contribution in [0.3, 0.4) is 0 Å². The molecule has 0 spiro atoms. The van der Waals surface area contributed by atoms with Crippen molar-refractivity contribution in [3.63, 3.8) is 0 Å². The number of hydrogen-bond acceptors (Lipinski definition) is 4. The third-order valence-electron chi connectivity index (χ3n) is 4.47. The fourth-order valence-corrected chi connectivity index (χ4v) is 3.40.